The summed E-state index contributed by atoms with van der Waals surface area (Å²) in [7, 11) is 0. The third kappa shape index (κ3) is 3.29. The Hall–Kier alpha value is -2.15. The van der Waals surface area contributed by atoms with Gasteiger partial charge in [-0.3, -0.25) is 9.59 Å². The fraction of sp³-hybridized carbons (Fsp3) is 0.591. The standard InChI is InChI=1S/C22H26N2O4S/c1-13-17(23-19(28-13)18-4-3-5-29-18)11-27-20(26)21-7-15-6-16(8-21)10-22(9-15,12-21)24-14(2)25/h3-5,15-16H,6-12H2,1-2H3,(H,24,25). The quantitative estimate of drug-likeness (QED) is 0.741. The molecule has 6 rings (SSSR count). The van der Waals surface area contributed by atoms with Crippen LogP contribution in [0.4, 0.5) is 0 Å². The molecule has 6 nitrogen and oxygen atoms in total. The van der Waals surface area contributed by atoms with Gasteiger partial charge in [0.1, 0.15) is 18.1 Å². The predicted octanol–water partition coefficient (Wildman–Crippen LogP) is 4.23. The Kier molecular flexibility index (Phi) is 4.35. The van der Waals surface area contributed by atoms with Gasteiger partial charge < -0.3 is 14.5 Å². The van der Waals surface area contributed by atoms with E-state index < -0.39 is 5.41 Å². The van der Waals surface area contributed by atoms with Crippen molar-refractivity contribution in [3.8, 4) is 10.8 Å². The Balaban J connectivity index is 1.32. The Morgan fingerprint density at radius 2 is 2.07 bits per heavy atom. The molecule has 154 valence electrons. The van der Waals surface area contributed by atoms with E-state index in [0.717, 1.165) is 30.6 Å². The van der Waals surface area contributed by atoms with Crippen molar-refractivity contribution in [2.75, 3.05) is 0 Å². The first kappa shape index (κ1) is 18.9. The van der Waals surface area contributed by atoms with E-state index in [0.29, 0.717) is 35.6 Å². The van der Waals surface area contributed by atoms with E-state index in [1.54, 1.807) is 18.3 Å². The number of hydrogen-bond donors (Lipinski definition) is 1. The minimum atomic E-state index is -0.471. The van der Waals surface area contributed by atoms with Crippen LogP contribution in [-0.4, -0.2) is 22.4 Å². The number of thiophene rings is 1. The summed E-state index contributed by atoms with van der Waals surface area (Å²) in [5.74, 6) is 2.10. The largest absolute Gasteiger partial charge is 0.459 e. The first-order valence-corrected chi connectivity index (χ1v) is 11.2. The Morgan fingerprint density at radius 3 is 2.72 bits per heavy atom. The van der Waals surface area contributed by atoms with Crippen LogP contribution in [0.5, 0.6) is 0 Å². The number of nitrogens with zero attached hydrogens (tertiary/aromatic N) is 1. The molecule has 4 bridgehead atoms. The van der Waals surface area contributed by atoms with Gasteiger partial charge in [0.15, 0.2) is 0 Å². The van der Waals surface area contributed by atoms with E-state index in [9.17, 15) is 9.59 Å². The molecule has 7 heteroatoms. The average molecular weight is 415 g/mol. The minimum absolute atomic E-state index is 0.00482. The van der Waals surface area contributed by atoms with Crippen LogP contribution in [0.15, 0.2) is 21.9 Å². The zero-order valence-electron chi connectivity index (χ0n) is 16.8. The van der Waals surface area contributed by atoms with Gasteiger partial charge in [0.25, 0.3) is 0 Å². The number of carbonyl (C=O) groups excluding carboxylic acids is 2. The third-order valence-corrected chi connectivity index (χ3v) is 7.76. The van der Waals surface area contributed by atoms with Crippen molar-refractivity contribution in [3.63, 3.8) is 0 Å². The van der Waals surface area contributed by atoms with E-state index in [2.05, 4.69) is 10.3 Å². The molecule has 2 unspecified atom stereocenters. The molecule has 2 atom stereocenters. The molecule has 0 spiro atoms. The molecule has 0 aromatic carbocycles. The van der Waals surface area contributed by atoms with Gasteiger partial charge in [0, 0.05) is 12.5 Å². The Bertz CT molecular complexity index is 934. The van der Waals surface area contributed by atoms with Crippen molar-refractivity contribution in [2.24, 2.45) is 17.3 Å². The smallest absolute Gasteiger partial charge is 0.312 e. The van der Waals surface area contributed by atoms with Crippen LogP contribution in [0.3, 0.4) is 0 Å². The third-order valence-electron chi connectivity index (χ3n) is 6.90. The number of hydrogen-bond acceptors (Lipinski definition) is 6. The number of rotatable bonds is 5. The summed E-state index contributed by atoms with van der Waals surface area (Å²) >= 11 is 1.57. The summed E-state index contributed by atoms with van der Waals surface area (Å²) in [6, 6.07) is 3.92. The van der Waals surface area contributed by atoms with Crippen molar-refractivity contribution in [3.05, 3.63) is 29.0 Å². The zero-order valence-corrected chi connectivity index (χ0v) is 17.6. The number of oxazole rings is 1. The average Bonchev–Trinajstić information content (AvgIpc) is 3.27. The van der Waals surface area contributed by atoms with Gasteiger partial charge in [-0.1, -0.05) is 6.07 Å². The van der Waals surface area contributed by atoms with Crippen molar-refractivity contribution in [1.82, 2.24) is 10.3 Å². The van der Waals surface area contributed by atoms with Crippen molar-refractivity contribution in [1.29, 1.82) is 0 Å². The first-order valence-electron chi connectivity index (χ1n) is 10.3. The highest BCUT2D eigenvalue weighted by molar-refractivity contribution is 7.13. The molecule has 1 N–H and O–H groups in total. The molecule has 4 saturated carbocycles. The number of aromatic nitrogens is 1. The van der Waals surface area contributed by atoms with Crippen molar-refractivity contribution in [2.45, 2.75) is 64.5 Å². The van der Waals surface area contributed by atoms with Crippen LogP contribution in [0.2, 0.25) is 0 Å². The summed E-state index contributed by atoms with van der Waals surface area (Å²) in [6.07, 6.45) is 5.60. The highest BCUT2D eigenvalue weighted by Crippen LogP contribution is 2.62. The number of nitrogens with one attached hydrogen (secondary N) is 1. The van der Waals surface area contributed by atoms with Crippen LogP contribution in [0.1, 0.15) is 56.9 Å². The maximum Gasteiger partial charge on any atom is 0.312 e. The molecule has 4 aliphatic carbocycles. The summed E-state index contributed by atoms with van der Waals surface area (Å²) in [5.41, 5.74) is -0.0330. The SMILES string of the molecule is CC(=O)NC12CC3CC(C1)CC(C(=O)OCc1nc(-c4cccs4)oc1C)(C3)C2. The monoisotopic (exact) mass is 414 g/mol. The number of esters is 1. The molecule has 0 radical (unpaired) electrons. The first-order chi connectivity index (χ1) is 13.9. The second-order valence-electron chi connectivity index (χ2n) is 9.28. The van der Waals surface area contributed by atoms with E-state index in [1.165, 1.54) is 6.42 Å². The molecule has 4 aliphatic rings. The maximum atomic E-state index is 13.3. The fourth-order valence-corrected chi connectivity index (χ4v) is 7.02. The number of carbonyl (C=O) groups is 2. The fourth-order valence-electron chi connectivity index (χ4n) is 6.38. The summed E-state index contributed by atoms with van der Waals surface area (Å²) in [4.78, 5) is 30.6. The van der Waals surface area contributed by atoms with Gasteiger partial charge in [-0.25, -0.2) is 4.98 Å². The molecular formula is C22H26N2O4S. The van der Waals surface area contributed by atoms with Gasteiger partial charge >= 0.3 is 5.97 Å². The molecular weight excluding hydrogens is 388 g/mol. The van der Waals surface area contributed by atoms with E-state index in [-0.39, 0.29) is 24.0 Å². The number of aryl methyl sites for hydroxylation is 1. The van der Waals surface area contributed by atoms with E-state index >= 15 is 0 Å². The summed E-state index contributed by atoms with van der Waals surface area (Å²) in [6.45, 7) is 3.55. The van der Waals surface area contributed by atoms with E-state index in [4.69, 9.17) is 9.15 Å². The van der Waals surface area contributed by atoms with Crippen LogP contribution < -0.4 is 5.32 Å². The number of amides is 1. The highest BCUT2D eigenvalue weighted by atomic mass is 32.1. The van der Waals surface area contributed by atoms with Gasteiger partial charge in [-0.2, -0.15) is 0 Å². The van der Waals surface area contributed by atoms with Gasteiger partial charge in [0.05, 0.1) is 10.3 Å². The molecule has 2 heterocycles. The predicted molar refractivity (Wildman–Crippen MR) is 108 cm³/mol. The van der Waals surface area contributed by atoms with Crippen LogP contribution in [-0.2, 0) is 20.9 Å². The lowest BCUT2D eigenvalue weighted by atomic mass is 9.47. The van der Waals surface area contributed by atoms with Crippen LogP contribution in [0, 0.1) is 24.2 Å². The van der Waals surface area contributed by atoms with Crippen LogP contribution >= 0.6 is 11.3 Å². The lowest BCUT2D eigenvalue weighted by molar-refractivity contribution is -0.177. The number of ether oxygens (including phenoxy) is 1. The van der Waals surface area contributed by atoms with Crippen molar-refractivity contribution < 1.29 is 18.7 Å². The minimum Gasteiger partial charge on any atom is -0.459 e. The lowest BCUT2D eigenvalue weighted by Crippen LogP contribution is -2.64. The molecule has 29 heavy (non-hydrogen) atoms. The molecule has 1 amide bonds. The molecule has 2 aromatic rings. The normalized spacial score (nSPS) is 32.3. The lowest BCUT2D eigenvalue weighted by Gasteiger charge is -2.60. The van der Waals surface area contributed by atoms with Gasteiger partial charge in [0.2, 0.25) is 11.8 Å². The van der Waals surface area contributed by atoms with E-state index in [1.807, 2.05) is 24.4 Å². The van der Waals surface area contributed by atoms with Crippen molar-refractivity contribution >= 4 is 23.2 Å². The Morgan fingerprint density at radius 1 is 1.31 bits per heavy atom. The molecule has 4 fully saturated rings. The maximum absolute atomic E-state index is 13.3. The topological polar surface area (TPSA) is 81.4 Å². The molecule has 0 saturated heterocycles. The molecule has 2 aromatic heterocycles. The van der Waals surface area contributed by atoms with Gasteiger partial charge in [-0.05, 0) is 68.7 Å². The summed E-state index contributed by atoms with van der Waals surface area (Å²) < 4.78 is 11.6. The highest BCUT2D eigenvalue weighted by Gasteiger charge is 2.61. The zero-order chi connectivity index (χ0) is 20.2. The van der Waals surface area contributed by atoms with Gasteiger partial charge in [-0.15, -0.1) is 11.3 Å². The second-order valence-corrected chi connectivity index (χ2v) is 10.2. The second kappa shape index (κ2) is 6.69. The molecule has 0 aliphatic heterocycles. The Labute approximate surface area is 174 Å². The summed E-state index contributed by atoms with van der Waals surface area (Å²) in [5, 5.41) is 5.17. The van der Waals surface area contributed by atoms with Crippen LogP contribution in [0.25, 0.3) is 10.8 Å².